The Hall–Kier alpha value is 0.440. The van der Waals surface area contributed by atoms with Crippen LogP contribution in [0.3, 0.4) is 0 Å². The minimum absolute atomic E-state index is 0.423. The molecule has 0 aliphatic carbocycles. The van der Waals surface area contributed by atoms with E-state index in [0.717, 1.165) is 24.5 Å². The summed E-state index contributed by atoms with van der Waals surface area (Å²) in [6.45, 7) is 10.9. The van der Waals surface area contributed by atoms with Crippen molar-refractivity contribution in [2.75, 3.05) is 18.5 Å². The van der Waals surface area contributed by atoms with Crippen molar-refractivity contribution < 1.29 is 4.74 Å². The van der Waals surface area contributed by atoms with Crippen LogP contribution in [0.1, 0.15) is 53.4 Å². The quantitative estimate of drug-likeness (QED) is 0.441. The molecule has 0 fully saturated rings. The average Bonchev–Trinajstić information content (AvgIpc) is 2.17. The highest BCUT2D eigenvalue weighted by Crippen LogP contribution is 2.29. The summed E-state index contributed by atoms with van der Waals surface area (Å²) < 4.78 is 5.67. The molecule has 0 spiro atoms. The molecule has 0 aliphatic rings. The Labute approximate surface area is 104 Å². The molecule has 0 aliphatic heterocycles. The summed E-state index contributed by atoms with van der Waals surface area (Å²) in [4.78, 5) is 0. The molecule has 0 heterocycles. The van der Waals surface area contributed by atoms with Crippen LogP contribution in [0.15, 0.2) is 0 Å². The van der Waals surface area contributed by atoms with Crippen LogP contribution in [-0.4, -0.2) is 18.5 Å². The van der Waals surface area contributed by atoms with Crippen molar-refractivity contribution in [3.63, 3.8) is 0 Å². The Morgan fingerprint density at radius 1 is 1.20 bits per heavy atom. The lowest BCUT2D eigenvalue weighted by Crippen LogP contribution is -2.20. The Bertz CT molecular complexity index is 147. The van der Waals surface area contributed by atoms with Crippen LogP contribution in [0.25, 0.3) is 0 Å². The summed E-state index contributed by atoms with van der Waals surface area (Å²) in [7, 11) is 0. The second-order valence-electron chi connectivity index (χ2n) is 5.24. The van der Waals surface area contributed by atoms with Gasteiger partial charge in [0.2, 0.25) is 0 Å². The second-order valence-corrected chi connectivity index (χ2v) is 5.80. The third kappa shape index (κ3) is 8.27. The van der Waals surface area contributed by atoms with Crippen LogP contribution in [0.5, 0.6) is 0 Å². The normalized spacial score (nSPS) is 15.6. The van der Waals surface area contributed by atoms with Crippen LogP contribution in [0, 0.1) is 11.3 Å². The summed E-state index contributed by atoms with van der Waals surface area (Å²) in [5, 5.41) is 1.08. The first-order valence-electron chi connectivity index (χ1n) is 6.18. The molecule has 2 heteroatoms. The van der Waals surface area contributed by atoms with Gasteiger partial charge in [-0.05, 0) is 30.6 Å². The van der Waals surface area contributed by atoms with Gasteiger partial charge in [0.1, 0.15) is 0 Å². The molecule has 0 N–H and O–H groups in total. The third-order valence-corrected chi connectivity index (χ3v) is 4.22. The van der Waals surface area contributed by atoms with E-state index in [-0.39, 0.29) is 0 Å². The van der Waals surface area contributed by atoms with E-state index >= 15 is 0 Å². The van der Waals surface area contributed by atoms with Crippen molar-refractivity contribution in [3.8, 4) is 0 Å². The Morgan fingerprint density at radius 2 is 1.87 bits per heavy atom. The fourth-order valence-corrected chi connectivity index (χ4v) is 2.16. The number of rotatable bonds is 9. The lowest BCUT2D eigenvalue weighted by Gasteiger charge is -2.26. The SMILES string of the molecule is CCCC(C)(CBr)CCOCCC(C)C. The minimum Gasteiger partial charge on any atom is -0.381 e. The minimum atomic E-state index is 0.423. The zero-order chi connectivity index (χ0) is 11.7. The highest BCUT2D eigenvalue weighted by atomic mass is 79.9. The maximum Gasteiger partial charge on any atom is 0.0471 e. The Morgan fingerprint density at radius 3 is 2.33 bits per heavy atom. The molecule has 0 saturated carbocycles. The third-order valence-electron chi connectivity index (χ3n) is 2.87. The van der Waals surface area contributed by atoms with Gasteiger partial charge in [0.15, 0.2) is 0 Å². The van der Waals surface area contributed by atoms with Gasteiger partial charge in [-0.1, -0.05) is 50.0 Å². The van der Waals surface area contributed by atoms with Crippen molar-refractivity contribution in [3.05, 3.63) is 0 Å². The Kier molecular flexibility index (Phi) is 8.83. The summed E-state index contributed by atoms with van der Waals surface area (Å²) in [6.07, 6.45) is 4.89. The molecule has 0 aromatic heterocycles. The molecule has 1 unspecified atom stereocenters. The fraction of sp³-hybridized carbons (Fsp3) is 1.00. The zero-order valence-electron chi connectivity index (χ0n) is 10.8. The van der Waals surface area contributed by atoms with Gasteiger partial charge in [0.25, 0.3) is 0 Å². The smallest absolute Gasteiger partial charge is 0.0471 e. The van der Waals surface area contributed by atoms with E-state index in [4.69, 9.17) is 4.74 Å². The van der Waals surface area contributed by atoms with Gasteiger partial charge in [-0.2, -0.15) is 0 Å². The molecule has 0 saturated heterocycles. The molecule has 15 heavy (non-hydrogen) atoms. The van der Waals surface area contributed by atoms with E-state index in [2.05, 4.69) is 43.6 Å². The summed E-state index contributed by atoms with van der Waals surface area (Å²) in [6, 6.07) is 0. The van der Waals surface area contributed by atoms with Gasteiger partial charge in [-0.15, -0.1) is 0 Å². The van der Waals surface area contributed by atoms with E-state index in [9.17, 15) is 0 Å². The monoisotopic (exact) mass is 278 g/mol. The van der Waals surface area contributed by atoms with Crippen LogP contribution < -0.4 is 0 Å². The van der Waals surface area contributed by atoms with E-state index in [1.807, 2.05) is 0 Å². The molecule has 0 aromatic rings. The molecule has 0 radical (unpaired) electrons. The number of hydrogen-bond acceptors (Lipinski definition) is 1. The van der Waals surface area contributed by atoms with Gasteiger partial charge in [0.05, 0.1) is 0 Å². The van der Waals surface area contributed by atoms with Crippen molar-refractivity contribution in [2.24, 2.45) is 11.3 Å². The van der Waals surface area contributed by atoms with Crippen molar-refractivity contribution >= 4 is 15.9 Å². The van der Waals surface area contributed by atoms with Crippen LogP contribution in [-0.2, 0) is 4.74 Å². The molecular formula is C13H27BrO. The highest BCUT2D eigenvalue weighted by Gasteiger charge is 2.21. The number of ether oxygens (including phenoxy) is 1. The van der Waals surface area contributed by atoms with Gasteiger partial charge >= 0.3 is 0 Å². The summed E-state index contributed by atoms with van der Waals surface area (Å²) in [5.41, 5.74) is 0.423. The maximum absolute atomic E-state index is 5.67. The topological polar surface area (TPSA) is 9.23 Å². The van der Waals surface area contributed by atoms with Crippen molar-refractivity contribution in [1.82, 2.24) is 0 Å². The van der Waals surface area contributed by atoms with E-state index in [1.54, 1.807) is 0 Å². The molecule has 0 amide bonds. The zero-order valence-corrected chi connectivity index (χ0v) is 12.4. The van der Waals surface area contributed by atoms with Crippen LogP contribution in [0.2, 0.25) is 0 Å². The number of alkyl halides is 1. The first-order valence-corrected chi connectivity index (χ1v) is 7.30. The standard InChI is InChI=1S/C13H27BrO/c1-5-7-13(4,11-14)8-10-15-9-6-12(2)3/h12H,5-11H2,1-4H3. The maximum atomic E-state index is 5.67. The first kappa shape index (κ1) is 15.4. The molecule has 92 valence electrons. The molecule has 0 rings (SSSR count). The lowest BCUT2D eigenvalue weighted by molar-refractivity contribution is 0.0947. The molecule has 1 atom stereocenters. The average molecular weight is 279 g/mol. The van der Waals surface area contributed by atoms with Crippen LogP contribution in [0.4, 0.5) is 0 Å². The van der Waals surface area contributed by atoms with Gasteiger partial charge in [-0.25, -0.2) is 0 Å². The van der Waals surface area contributed by atoms with Crippen molar-refractivity contribution in [2.45, 2.75) is 53.4 Å². The van der Waals surface area contributed by atoms with Crippen molar-refractivity contribution in [1.29, 1.82) is 0 Å². The molecule has 0 aromatic carbocycles. The highest BCUT2D eigenvalue weighted by molar-refractivity contribution is 9.09. The lowest BCUT2D eigenvalue weighted by atomic mass is 9.85. The van der Waals surface area contributed by atoms with E-state index in [0.29, 0.717) is 5.41 Å². The summed E-state index contributed by atoms with van der Waals surface area (Å²) in [5.74, 6) is 0.753. The largest absolute Gasteiger partial charge is 0.381 e. The predicted octanol–water partition coefficient (Wildman–Crippen LogP) is 4.64. The second kappa shape index (κ2) is 8.58. The van der Waals surface area contributed by atoms with Gasteiger partial charge < -0.3 is 4.74 Å². The van der Waals surface area contributed by atoms with Gasteiger partial charge in [-0.3, -0.25) is 0 Å². The molecular weight excluding hydrogens is 252 g/mol. The summed E-state index contributed by atoms with van der Waals surface area (Å²) >= 11 is 3.61. The number of hydrogen-bond donors (Lipinski definition) is 0. The first-order chi connectivity index (χ1) is 7.04. The molecule has 0 bridgehead atoms. The van der Waals surface area contributed by atoms with E-state index < -0.39 is 0 Å². The van der Waals surface area contributed by atoms with Crippen LogP contribution >= 0.6 is 15.9 Å². The predicted molar refractivity (Wildman–Crippen MR) is 71.7 cm³/mol. The Balaban J connectivity index is 3.54. The van der Waals surface area contributed by atoms with Gasteiger partial charge in [0, 0.05) is 18.5 Å². The number of halogens is 1. The molecule has 1 nitrogen and oxygen atoms in total. The fourth-order valence-electron chi connectivity index (χ4n) is 1.60. The van der Waals surface area contributed by atoms with E-state index in [1.165, 1.54) is 25.7 Å².